The summed E-state index contributed by atoms with van der Waals surface area (Å²) in [6.07, 6.45) is 4.38. The molecule has 0 aromatic carbocycles. The van der Waals surface area contributed by atoms with E-state index >= 15 is 0 Å². The van der Waals surface area contributed by atoms with E-state index in [4.69, 9.17) is 10.5 Å². The topological polar surface area (TPSA) is 77.2 Å². The van der Waals surface area contributed by atoms with Crippen molar-refractivity contribution in [1.29, 1.82) is 0 Å². The van der Waals surface area contributed by atoms with Crippen molar-refractivity contribution in [3.8, 4) is 6.01 Å². The first-order chi connectivity index (χ1) is 8.74. The molecular weight excluding hydrogens is 230 g/mol. The summed E-state index contributed by atoms with van der Waals surface area (Å²) in [6.45, 7) is 5.80. The van der Waals surface area contributed by atoms with Crippen molar-refractivity contribution in [1.82, 2.24) is 15.0 Å². The van der Waals surface area contributed by atoms with Crippen LogP contribution in [0.25, 0.3) is 0 Å². The first-order valence-electron chi connectivity index (χ1n) is 6.65. The van der Waals surface area contributed by atoms with Gasteiger partial charge in [0.15, 0.2) is 0 Å². The van der Waals surface area contributed by atoms with Crippen LogP contribution < -0.4 is 15.4 Å². The maximum Gasteiger partial charge on any atom is 0.323 e. The molecule has 0 bridgehead atoms. The van der Waals surface area contributed by atoms with Crippen molar-refractivity contribution in [2.24, 2.45) is 0 Å². The zero-order chi connectivity index (χ0) is 13.0. The standard InChI is InChI=1S/C12H21N5O/c1-3-8-18-12-15-10(13)14-11(16-12)17-7-5-6-9(17)4-2/h9H,3-8H2,1-2H3,(H2,13,14,15,16). The Labute approximate surface area is 108 Å². The predicted molar refractivity (Wildman–Crippen MR) is 70.7 cm³/mol. The summed E-state index contributed by atoms with van der Waals surface area (Å²) in [5.74, 6) is 0.880. The first kappa shape index (κ1) is 12.9. The molecule has 1 aliphatic rings. The van der Waals surface area contributed by atoms with Crippen LogP contribution in [0.5, 0.6) is 6.01 Å². The Kier molecular flexibility index (Phi) is 4.17. The largest absolute Gasteiger partial charge is 0.463 e. The lowest BCUT2D eigenvalue weighted by Crippen LogP contribution is -2.30. The van der Waals surface area contributed by atoms with Crippen LogP contribution in [-0.4, -0.2) is 34.1 Å². The van der Waals surface area contributed by atoms with Crippen LogP contribution in [0.4, 0.5) is 11.9 Å². The normalized spacial score (nSPS) is 19.2. The molecule has 1 unspecified atom stereocenters. The van der Waals surface area contributed by atoms with E-state index in [1.165, 1.54) is 12.8 Å². The quantitative estimate of drug-likeness (QED) is 0.857. The van der Waals surface area contributed by atoms with Crippen molar-refractivity contribution in [3.63, 3.8) is 0 Å². The molecule has 2 rings (SSSR count). The zero-order valence-electron chi connectivity index (χ0n) is 11.1. The fraction of sp³-hybridized carbons (Fsp3) is 0.750. The van der Waals surface area contributed by atoms with Crippen molar-refractivity contribution < 1.29 is 4.74 Å². The number of rotatable bonds is 5. The molecule has 18 heavy (non-hydrogen) atoms. The van der Waals surface area contributed by atoms with Gasteiger partial charge in [0.2, 0.25) is 11.9 Å². The van der Waals surface area contributed by atoms with Gasteiger partial charge < -0.3 is 15.4 Å². The van der Waals surface area contributed by atoms with Gasteiger partial charge in [0.25, 0.3) is 0 Å². The van der Waals surface area contributed by atoms with E-state index in [1.54, 1.807) is 0 Å². The maximum absolute atomic E-state index is 5.72. The highest BCUT2D eigenvalue weighted by molar-refractivity contribution is 5.38. The second-order valence-corrected chi connectivity index (χ2v) is 4.52. The number of hydrogen-bond donors (Lipinski definition) is 1. The predicted octanol–water partition coefficient (Wildman–Crippen LogP) is 1.62. The van der Waals surface area contributed by atoms with E-state index in [1.807, 2.05) is 6.92 Å². The van der Waals surface area contributed by atoms with Crippen LogP contribution in [0.2, 0.25) is 0 Å². The van der Waals surface area contributed by atoms with Gasteiger partial charge in [-0.1, -0.05) is 13.8 Å². The summed E-state index contributed by atoms with van der Waals surface area (Å²) in [5.41, 5.74) is 5.72. The molecule has 1 aliphatic heterocycles. The van der Waals surface area contributed by atoms with E-state index < -0.39 is 0 Å². The Hall–Kier alpha value is -1.59. The minimum Gasteiger partial charge on any atom is -0.463 e. The van der Waals surface area contributed by atoms with Gasteiger partial charge in [-0.15, -0.1) is 0 Å². The highest BCUT2D eigenvalue weighted by atomic mass is 16.5. The number of nitrogen functional groups attached to an aromatic ring is 1. The Morgan fingerprint density at radius 3 is 2.89 bits per heavy atom. The molecule has 1 saturated heterocycles. The minimum atomic E-state index is 0.229. The van der Waals surface area contributed by atoms with Crippen LogP contribution in [0.3, 0.4) is 0 Å². The number of ether oxygens (including phenoxy) is 1. The number of aromatic nitrogens is 3. The number of hydrogen-bond acceptors (Lipinski definition) is 6. The highest BCUT2D eigenvalue weighted by Crippen LogP contribution is 2.25. The minimum absolute atomic E-state index is 0.229. The average molecular weight is 251 g/mol. The molecule has 2 heterocycles. The molecule has 1 atom stereocenters. The van der Waals surface area contributed by atoms with E-state index in [9.17, 15) is 0 Å². The number of nitrogens with two attached hydrogens (primary N) is 1. The van der Waals surface area contributed by atoms with Crippen LogP contribution >= 0.6 is 0 Å². The third kappa shape index (κ3) is 2.80. The molecule has 0 amide bonds. The van der Waals surface area contributed by atoms with Gasteiger partial charge in [-0.3, -0.25) is 0 Å². The maximum atomic E-state index is 5.72. The number of anilines is 2. The van der Waals surface area contributed by atoms with E-state index in [-0.39, 0.29) is 5.95 Å². The average Bonchev–Trinajstić information content (AvgIpc) is 2.84. The van der Waals surface area contributed by atoms with Crippen LogP contribution in [0.15, 0.2) is 0 Å². The molecular formula is C12H21N5O. The number of nitrogens with zero attached hydrogens (tertiary/aromatic N) is 4. The summed E-state index contributed by atoms with van der Waals surface area (Å²) < 4.78 is 5.44. The van der Waals surface area contributed by atoms with Crippen molar-refractivity contribution in [2.75, 3.05) is 23.8 Å². The van der Waals surface area contributed by atoms with Gasteiger partial charge in [-0.2, -0.15) is 15.0 Å². The molecule has 0 radical (unpaired) electrons. The molecule has 6 heteroatoms. The summed E-state index contributed by atoms with van der Waals surface area (Å²) in [7, 11) is 0. The molecule has 2 N–H and O–H groups in total. The van der Waals surface area contributed by atoms with Crippen molar-refractivity contribution in [2.45, 2.75) is 45.6 Å². The second-order valence-electron chi connectivity index (χ2n) is 4.52. The van der Waals surface area contributed by atoms with Gasteiger partial charge in [0.1, 0.15) is 0 Å². The molecule has 0 spiro atoms. The van der Waals surface area contributed by atoms with Gasteiger partial charge >= 0.3 is 6.01 Å². The Morgan fingerprint density at radius 2 is 2.17 bits per heavy atom. The first-order valence-corrected chi connectivity index (χ1v) is 6.65. The smallest absolute Gasteiger partial charge is 0.323 e. The van der Waals surface area contributed by atoms with Gasteiger partial charge in [0.05, 0.1) is 6.61 Å². The molecule has 0 aliphatic carbocycles. The molecule has 6 nitrogen and oxygen atoms in total. The van der Waals surface area contributed by atoms with Crippen LogP contribution in [0, 0.1) is 0 Å². The second kappa shape index (κ2) is 5.84. The lowest BCUT2D eigenvalue weighted by molar-refractivity contribution is 0.292. The molecule has 1 aromatic rings. The third-order valence-electron chi connectivity index (χ3n) is 3.16. The van der Waals surface area contributed by atoms with E-state index in [0.717, 1.165) is 19.4 Å². The SMILES string of the molecule is CCCOc1nc(N)nc(N2CCCC2CC)n1. The van der Waals surface area contributed by atoms with E-state index in [0.29, 0.717) is 24.6 Å². The summed E-state index contributed by atoms with van der Waals surface area (Å²) >= 11 is 0. The Bertz CT molecular complexity index is 398. The molecule has 1 fully saturated rings. The summed E-state index contributed by atoms with van der Waals surface area (Å²) in [5, 5.41) is 0. The van der Waals surface area contributed by atoms with E-state index in [2.05, 4.69) is 26.8 Å². The summed E-state index contributed by atoms with van der Waals surface area (Å²) in [6, 6.07) is 0.840. The fourth-order valence-electron chi connectivity index (χ4n) is 2.27. The molecule has 0 saturated carbocycles. The lowest BCUT2D eigenvalue weighted by Gasteiger charge is -2.23. The van der Waals surface area contributed by atoms with Crippen LogP contribution in [0.1, 0.15) is 39.5 Å². The van der Waals surface area contributed by atoms with Gasteiger partial charge in [0, 0.05) is 12.6 Å². The third-order valence-corrected chi connectivity index (χ3v) is 3.16. The van der Waals surface area contributed by atoms with Crippen molar-refractivity contribution in [3.05, 3.63) is 0 Å². The highest BCUT2D eigenvalue weighted by Gasteiger charge is 2.26. The molecule has 1 aromatic heterocycles. The van der Waals surface area contributed by atoms with Crippen molar-refractivity contribution >= 4 is 11.9 Å². The Morgan fingerprint density at radius 1 is 1.33 bits per heavy atom. The zero-order valence-corrected chi connectivity index (χ0v) is 11.1. The summed E-state index contributed by atoms with van der Waals surface area (Å²) in [4.78, 5) is 14.8. The fourth-order valence-corrected chi connectivity index (χ4v) is 2.27. The monoisotopic (exact) mass is 251 g/mol. The van der Waals surface area contributed by atoms with Crippen LogP contribution in [-0.2, 0) is 0 Å². The van der Waals surface area contributed by atoms with Gasteiger partial charge in [-0.05, 0) is 25.7 Å². The molecule has 100 valence electrons. The van der Waals surface area contributed by atoms with Gasteiger partial charge in [-0.25, -0.2) is 0 Å². The Balaban J connectivity index is 2.18. The lowest BCUT2D eigenvalue weighted by atomic mass is 10.2.